The fourth-order valence-corrected chi connectivity index (χ4v) is 2.27. The van der Waals surface area contributed by atoms with E-state index < -0.39 is 0 Å². The molecule has 0 bridgehead atoms. The van der Waals surface area contributed by atoms with E-state index in [9.17, 15) is 9.59 Å². The summed E-state index contributed by atoms with van der Waals surface area (Å²) in [5.74, 6) is -0.236. The Hall–Kier alpha value is -2.63. The summed E-state index contributed by atoms with van der Waals surface area (Å²) >= 11 is 0. The van der Waals surface area contributed by atoms with Crippen LogP contribution >= 0.6 is 0 Å². The van der Waals surface area contributed by atoms with Crippen molar-refractivity contribution < 1.29 is 4.79 Å². The molecule has 1 aliphatic rings. The first-order chi connectivity index (χ1) is 9.16. The normalized spacial score (nSPS) is 13.4. The molecule has 3 N–H and O–H groups in total. The summed E-state index contributed by atoms with van der Waals surface area (Å²) in [6.45, 7) is 0.573. The lowest BCUT2D eigenvalue weighted by Gasteiger charge is -2.16. The molecule has 0 spiro atoms. The highest BCUT2D eigenvalue weighted by molar-refractivity contribution is 6.06. The number of fused-ring (bicyclic) bond motifs is 1. The largest absolute Gasteiger partial charge is 0.398 e. The molecule has 6 nitrogen and oxygen atoms in total. The molecule has 0 radical (unpaired) electrons. The van der Waals surface area contributed by atoms with Crippen molar-refractivity contribution in [3.05, 3.63) is 51.9 Å². The minimum atomic E-state index is -0.331. The van der Waals surface area contributed by atoms with E-state index in [1.807, 2.05) is 18.2 Å². The number of nitrogens with one attached hydrogen (secondary N) is 1. The maximum atomic E-state index is 12.3. The van der Waals surface area contributed by atoms with E-state index in [-0.39, 0.29) is 17.2 Å². The van der Waals surface area contributed by atoms with Crippen LogP contribution in [0.5, 0.6) is 0 Å². The number of hydrogen-bond donors (Lipinski definition) is 2. The molecule has 1 aromatic carbocycles. The molecule has 0 saturated heterocycles. The standard InChI is InChI=1S/C13H12N4O2/c14-9-2-1-3-11-8(9)6-7-17(11)13(19)10-4-5-12(18)16-15-10/h1-5H,6-7,14H2,(H,16,18). The zero-order chi connectivity index (χ0) is 13.4. The number of benzene rings is 1. The van der Waals surface area contributed by atoms with Gasteiger partial charge in [-0.1, -0.05) is 6.07 Å². The highest BCUT2D eigenvalue weighted by atomic mass is 16.2. The second-order valence-corrected chi connectivity index (χ2v) is 4.36. The van der Waals surface area contributed by atoms with E-state index >= 15 is 0 Å². The van der Waals surface area contributed by atoms with Crippen molar-refractivity contribution in [1.29, 1.82) is 0 Å². The molecule has 2 aromatic rings. The summed E-state index contributed by atoms with van der Waals surface area (Å²) in [6, 6.07) is 8.22. The van der Waals surface area contributed by atoms with Gasteiger partial charge in [0.1, 0.15) is 5.69 Å². The van der Waals surface area contributed by atoms with E-state index in [0.29, 0.717) is 12.2 Å². The molecule has 0 aliphatic carbocycles. The van der Waals surface area contributed by atoms with Crippen LogP contribution < -0.4 is 16.2 Å². The van der Waals surface area contributed by atoms with Gasteiger partial charge in [-0.15, -0.1) is 0 Å². The quantitative estimate of drug-likeness (QED) is 0.729. The predicted octanol–water partition coefficient (Wildman–Crippen LogP) is 0.555. The molecule has 0 atom stereocenters. The Bertz CT molecular complexity index is 688. The van der Waals surface area contributed by atoms with Gasteiger partial charge in [0.15, 0.2) is 0 Å². The summed E-state index contributed by atoms with van der Waals surface area (Å²) in [6.07, 6.45) is 0.733. The lowest BCUT2D eigenvalue weighted by Crippen LogP contribution is -2.30. The van der Waals surface area contributed by atoms with E-state index in [1.54, 1.807) is 4.90 Å². The number of amides is 1. The van der Waals surface area contributed by atoms with Crippen LogP contribution in [0.4, 0.5) is 11.4 Å². The number of anilines is 2. The minimum Gasteiger partial charge on any atom is -0.398 e. The molecule has 96 valence electrons. The molecule has 19 heavy (non-hydrogen) atoms. The molecular formula is C13H12N4O2. The lowest BCUT2D eigenvalue weighted by atomic mass is 10.1. The Kier molecular flexibility index (Phi) is 2.56. The van der Waals surface area contributed by atoms with Gasteiger partial charge < -0.3 is 10.6 Å². The third-order valence-electron chi connectivity index (χ3n) is 3.21. The number of aromatic amines is 1. The molecule has 3 rings (SSSR count). The minimum absolute atomic E-state index is 0.217. The van der Waals surface area contributed by atoms with Gasteiger partial charge in [0.25, 0.3) is 11.5 Å². The zero-order valence-corrected chi connectivity index (χ0v) is 10.1. The summed E-state index contributed by atoms with van der Waals surface area (Å²) in [5.41, 5.74) is 8.28. The number of nitrogen functional groups attached to an aromatic ring is 1. The number of carbonyl (C=O) groups is 1. The summed E-state index contributed by atoms with van der Waals surface area (Å²) in [5, 5.41) is 6.02. The SMILES string of the molecule is Nc1cccc2c1CCN2C(=O)c1ccc(=O)[nH]n1. The van der Waals surface area contributed by atoms with Crippen molar-refractivity contribution >= 4 is 17.3 Å². The van der Waals surface area contributed by atoms with Crippen molar-refractivity contribution in [1.82, 2.24) is 10.2 Å². The van der Waals surface area contributed by atoms with Crippen LogP contribution in [0.3, 0.4) is 0 Å². The summed E-state index contributed by atoms with van der Waals surface area (Å²) in [7, 11) is 0. The van der Waals surface area contributed by atoms with Crippen LogP contribution in [0.1, 0.15) is 16.1 Å². The number of rotatable bonds is 1. The second-order valence-electron chi connectivity index (χ2n) is 4.36. The topological polar surface area (TPSA) is 92.1 Å². The first-order valence-electron chi connectivity index (χ1n) is 5.92. The van der Waals surface area contributed by atoms with Gasteiger partial charge in [-0.2, -0.15) is 5.10 Å². The van der Waals surface area contributed by atoms with Crippen molar-refractivity contribution in [2.45, 2.75) is 6.42 Å². The Morgan fingerprint density at radius 3 is 2.89 bits per heavy atom. The summed E-state index contributed by atoms with van der Waals surface area (Å²) in [4.78, 5) is 24.9. The number of aromatic nitrogens is 2. The highest BCUT2D eigenvalue weighted by Gasteiger charge is 2.27. The van der Waals surface area contributed by atoms with Crippen LogP contribution in [-0.4, -0.2) is 22.6 Å². The van der Waals surface area contributed by atoms with Gasteiger partial charge in [-0.25, -0.2) is 5.10 Å². The molecule has 1 aromatic heterocycles. The van der Waals surface area contributed by atoms with Gasteiger partial charge in [0.2, 0.25) is 0 Å². The van der Waals surface area contributed by atoms with Crippen molar-refractivity contribution in [3.8, 4) is 0 Å². The molecule has 2 heterocycles. The smallest absolute Gasteiger partial charge is 0.278 e. The molecule has 0 saturated carbocycles. The van der Waals surface area contributed by atoms with Crippen LogP contribution in [0.25, 0.3) is 0 Å². The van der Waals surface area contributed by atoms with E-state index in [1.165, 1.54) is 12.1 Å². The Balaban J connectivity index is 1.98. The van der Waals surface area contributed by atoms with Crippen LogP contribution in [0.2, 0.25) is 0 Å². The highest BCUT2D eigenvalue weighted by Crippen LogP contribution is 2.32. The monoisotopic (exact) mass is 256 g/mol. The van der Waals surface area contributed by atoms with Gasteiger partial charge in [-0.05, 0) is 24.6 Å². The number of H-pyrrole nitrogens is 1. The van der Waals surface area contributed by atoms with Crippen molar-refractivity contribution in [2.75, 3.05) is 17.2 Å². The van der Waals surface area contributed by atoms with Crippen LogP contribution in [-0.2, 0) is 6.42 Å². The van der Waals surface area contributed by atoms with Crippen LogP contribution in [0, 0.1) is 0 Å². The van der Waals surface area contributed by atoms with Crippen molar-refractivity contribution in [2.24, 2.45) is 0 Å². The molecular weight excluding hydrogens is 244 g/mol. The summed E-state index contributed by atoms with van der Waals surface area (Å²) < 4.78 is 0. The molecule has 0 unspecified atom stereocenters. The fourth-order valence-electron chi connectivity index (χ4n) is 2.27. The molecule has 6 heteroatoms. The average molecular weight is 256 g/mol. The lowest BCUT2D eigenvalue weighted by molar-refractivity contribution is 0.0983. The first-order valence-corrected chi connectivity index (χ1v) is 5.92. The number of carbonyl (C=O) groups excluding carboxylic acids is 1. The predicted molar refractivity (Wildman–Crippen MR) is 71.1 cm³/mol. The zero-order valence-electron chi connectivity index (χ0n) is 10.1. The molecule has 1 aliphatic heterocycles. The third-order valence-corrected chi connectivity index (χ3v) is 3.21. The Labute approximate surface area is 108 Å². The maximum Gasteiger partial charge on any atom is 0.278 e. The van der Waals surface area contributed by atoms with Gasteiger partial charge in [0, 0.05) is 29.5 Å². The Morgan fingerprint density at radius 1 is 1.32 bits per heavy atom. The number of nitrogens with zero attached hydrogens (tertiary/aromatic N) is 2. The molecule has 0 fully saturated rings. The fraction of sp³-hybridized carbons (Fsp3) is 0.154. The third kappa shape index (κ3) is 1.87. The van der Waals surface area contributed by atoms with Crippen molar-refractivity contribution in [3.63, 3.8) is 0 Å². The van der Waals surface area contributed by atoms with Gasteiger partial charge >= 0.3 is 0 Å². The van der Waals surface area contributed by atoms with Crippen LogP contribution in [0.15, 0.2) is 35.1 Å². The Morgan fingerprint density at radius 2 is 2.16 bits per heavy atom. The second kappa shape index (κ2) is 4.24. The number of nitrogens with two attached hydrogens (primary N) is 1. The van der Waals surface area contributed by atoms with Gasteiger partial charge in [0.05, 0.1) is 0 Å². The van der Waals surface area contributed by atoms with E-state index in [4.69, 9.17) is 5.73 Å². The maximum absolute atomic E-state index is 12.3. The van der Waals surface area contributed by atoms with E-state index in [0.717, 1.165) is 17.7 Å². The first kappa shape index (κ1) is 11.5. The number of hydrogen-bond acceptors (Lipinski definition) is 4. The molecule has 1 amide bonds. The van der Waals surface area contributed by atoms with Gasteiger partial charge in [-0.3, -0.25) is 9.59 Å². The average Bonchev–Trinajstić information content (AvgIpc) is 2.84. The van der Waals surface area contributed by atoms with E-state index in [2.05, 4.69) is 10.2 Å².